The summed E-state index contributed by atoms with van der Waals surface area (Å²) >= 11 is 0. The van der Waals surface area contributed by atoms with E-state index >= 15 is 0 Å². The number of rotatable bonds is 4. The molecule has 1 aliphatic heterocycles. The quantitative estimate of drug-likeness (QED) is 0.901. The van der Waals surface area contributed by atoms with Crippen LogP contribution in [0.3, 0.4) is 0 Å². The van der Waals surface area contributed by atoms with E-state index < -0.39 is 12.1 Å². The van der Waals surface area contributed by atoms with E-state index in [0.29, 0.717) is 17.1 Å². The van der Waals surface area contributed by atoms with Crippen molar-refractivity contribution in [1.82, 2.24) is 0 Å². The van der Waals surface area contributed by atoms with Crippen molar-refractivity contribution in [2.75, 3.05) is 23.3 Å². The number of ether oxygens (including phenoxy) is 1. The number of carbonyl (C=O) groups excluding carboxylic acids is 1. The maximum absolute atomic E-state index is 12.5. The van der Waals surface area contributed by atoms with Gasteiger partial charge in [0.05, 0.1) is 12.2 Å². The van der Waals surface area contributed by atoms with Crippen molar-refractivity contribution >= 4 is 23.3 Å². The minimum atomic E-state index is -0.952. The summed E-state index contributed by atoms with van der Waals surface area (Å²) in [6.07, 6.45) is -0.778. The second-order valence-corrected chi connectivity index (χ2v) is 5.71. The van der Waals surface area contributed by atoms with Gasteiger partial charge in [-0.05, 0) is 36.8 Å². The molecule has 0 radical (unpaired) electrons. The fraction of sp³-hybridized carbons (Fsp3) is 0.222. The maximum Gasteiger partial charge on any atom is 0.323 e. The van der Waals surface area contributed by atoms with E-state index in [1.807, 2.05) is 37.3 Å². The number of aryl methyl sites for hydroxylation is 1. The van der Waals surface area contributed by atoms with E-state index in [-0.39, 0.29) is 19.0 Å². The summed E-state index contributed by atoms with van der Waals surface area (Å²) in [6, 6.07) is 14.6. The molecular formula is C18H18N2O4. The number of aliphatic carboxylic acids is 1. The molecule has 2 N–H and O–H groups in total. The van der Waals surface area contributed by atoms with Crippen molar-refractivity contribution in [2.45, 2.75) is 13.0 Å². The van der Waals surface area contributed by atoms with Gasteiger partial charge in [0.15, 0.2) is 6.10 Å². The summed E-state index contributed by atoms with van der Waals surface area (Å²) in [7, 11) is 0. The molecule has 1 amide bonds. The number of fused-ring (bicyclic) bond motifs is 1. The van der Waals surface area contributed by atoms with Crippen LogP contribution in [0.2, 0.25) is 0 Å². The highest BCUT2D eigenvalue weighted by molar-refractivity contribution is 5.95. The van der Waals surface area contributed by atoms with Crippen LogP contribution < -0.4 is 15.0 Å². The van der Waals surface area contributed by atoms with Crippen LogP contribution in [-0.2, 0) is 9.59 Å². The minimum absolute atomic E-state index is 0.182. The van der Waals surface area contributed by atoms with Gasteiger partial charge in [-0.1, -0.05) is 24.3 Å². The molecule has 0 fully saturated rings. The molecule has 0 bridgehead atoms. The molecule has 2 aromatic carbocycles. The molecule has 0 spiro atoms. The Morgan fingerprint density at radius 1 is 1.25 bits per heavy atom. The van der Waals surface area contributed by atoms with Crippen LogP contribution in [0, 0.1) is 6.92 Å². The van der Waals surface area contributed by atoms with E-state index in [1.54, 1.807) is 23.1 Å². The molecule has 6 heteroatoms. The Hall–Kier alpha value is -3.02. The second kappa shape index (κ2) is 6.62. The Balaban J connectivity index is 1.82. The van der Waals surface area contributed by atoms with Gasteiger partial charge in [0.1, 0.15) is 12.3 Å². The van der Waals surface area contributed by atoms with Gasteiger partial charge in [0.2, 0.25) is 0 Å². The number of hydrogen-bond acceptors (Lipinski definition) is 4. The third-order valence-electron chi connectivity index (χ3n) is 3.77. The number of nitrogens with one attached hydrogen (secondary N) is 1. The molecule has 0 aromatic heterocycles. The first kappa shape index (κ1) is 15.9. The van der Waals surface area contributed by atoms with Crippen LogP contribution in [0.15, 0.2) is 48.5 Å². The van der Waals surface area contributed by atoms with Crippen molar-refractivity contribution in [2.24, 2.45) is 0 Å². The highest BCUT2D eigenvalue weighted by Gasteiger charge is 2.31. The third-order valence-corrected chi connectivity index (χ3v) is 3.77. The third kappa shape index (κ3) is 3.48. The minimum Gasteiger partial charge on any atom is -0.480 e. The van der Waals surface area contributed by atoms with Crippen LogP contribution in [-0.4, -0.2) is 36.2 Å². The molecule has 2 aromatic rings. The number of carbonyl (C=O) groups is 2. The van der Waals surface area contributed by atoms with Gasteiger partial charge in [0, 0.05) is 5.69 Å². The predicted octanol–water partition coefficient (Wildman–Crippen LogP) is 2.29. The Bertz CT molecular complexity index is 761. The lowest BCUT2D eigenvalue weighted by molar-refractivity contribution is -0.135. The number of carboxylic acid groups (broad SMARTS) is 1. The van der Waals surface area contributed by atoms with Gasteiger partial charge in [-0.15, -0.1) is 0 Å². The number of hydrogen-bond donors (Lipinski definition) is 2. The Labute approximate surface area is 139 Å². The summed E-state index contributed by atoms with van der Waals surface area (Å²) in [6.45, 7) is 1.92. The van der Waals surface area contributed by atoms with Crippen molar-refractivity contribution in [3.63, 3.8) is 0 Å². The van der Waals surface area contributed by atoms with E-state index in [9.17, 15) is 9.59 Å². The topological polar surface area (TPSA) is 78.9 Å². The van der Waals surface area contributed by atoms with Crippen LogP contribution in [0.25, 0.3) is 0 Å². The van der Waals surface area contributed by atoms with E-state index in [2.05, 4.69) is 5.32 Å². The fourth-order valence-corrected chi connectivity index (χ4v) is 2.66. The first-order valence-corrected chi connectivity index (χ1v) is 7.63. The first-order valence-electron chi connectivity index (χ1n) is 7.63. The molecule has 1 heterocycles. The van der Waals surface area contributed by atoms with Gasteiger partial charge in [-0.2, -0.15) is 0 Å². The fourth-order valence-electron chi connectivity index (χ4n) is 2.66. The van der Waals surface area contributed by atoms with Crippen molar-refractivity contribution < 1.29 is 19.4 Å². The smallest absolute Gasteiger partial charge is 0.323 e. The van der Waals surface area contributed by atoms with Gasteiger partial charge in [0.25, 0.3) is 5.91 Å². The summed E-state index contributed by atoms with van der Waals surface area (Å²) in [4.78, 5) is 25.3. The molecule has 0 saturated carbocycles. The van der Waals surface area contributed by atoms with E-state index in [1.165, 1.54) is 0 Å². The van der Waals surface area contributed by atoms with Crippen LogP contribution in [0.5, 0.6) is 5.75 Å². The molecule has 1 aliphatic rings. The van der Waals surface area contributed by atoms with Crippen molar-refractivity contribution in [3.05, 3.63) is 54.1 Å². The van der Waals surface area contributed by atoms with Crippen LogP contribution >= 0.6 is 0 Å². The summed E-state index contributed by atoms with van der Waals surface area (Å²) in [5.41, 5.74) is 2.37. The zero-order valence-corrected chi connectivity index (χ0v) is 13.2. The van der Waals surface area contributed by atoms with E-state index in [4.69, 9.17) is 9.84 Å². The summed E-state index contributed by atoms with van der Waals surface area (Å²) in [5, 5.41) is 11.9. The number of carboxylic acids is 1. The molecule has 1 atom stereocenters. The molecule has 3 rings (SSSR count). The molecule has 1 unspecified atom stereocenters. The Morgan fingerprint density at radius 3 is 2.71 bits per heavy atom. The Kier molecular flexibility index (Phi) is 4.37. The normalized spacial score (nSPS) is 16.0. The molecule has 0 saturated heterocycles. The van der Waals surface area contributed by atoms with Crippen molar-refractivity contribution in [1.29, 1.82) is 0 Å². The zero-order valence-electron chi connectivity index (χ0n) is 13.2. The highest BCUT2D eigenvalue weighted by atomic mass is 16.5. The number of nitrogens with zero attached hydrogens (tertiary/aromatic N) is 1. The van der Waals surface area contributed by atoms with Crippen molar-refractivity contribution in [3.8, 4) is 5.75 Å². The van der Waals surface area contributed by atoms with E-state index in [0.717, 1.165) is 5.56 Å². The molecule has 124 valence electrons. The van der Waals surface area contributed by atoms with Gasteiger partial charge < -0.3 is 20.1 Å². The average molecular weight is 326 g/mol. The Morgan fingerprint density at radius 2 is 2.00 bits per heavy atom. The van der Waals surface area contributed by atoms with Gasteiger partial charge in [-0.25, -0.2) is 0 Å². The second-order valence-electron chi connectivity index (χ2n) is 5.71. The number of amides is 1. The monoisotopic (exact) mass is 326 g/mol. The average Bonchev–Trinajstić information content (AvgIpc) is 2.55. The summed E-state index contributed by atoms with van der Waals surface area (Å²) in [5.74, 6) is -0.740. The molecule has 6 nitrogen and oxygen atoms in total. The standard InChI is InChI=1S/C18H18N2O4/c1-12-7-8-15-14(9-12)20(11-17(21)22)10-16(24-15)18(23)19-13-5-3-2-4-6-13/h2-9,16H,10-11H2,1H3,(H,19,23)(H,21,22). The zero-order chi connectivity index (χ0) is 17.1. The lowest BCUT2D eigenvalue weighted by Crippen LogP contribution is -2.48. The van der Waals surface area contributed by atoms with Gasteiger partial charge in [-0.3, -0.25) is 9.59 Å². The van der Waals surface area contributed by atoms with Crippen LogP contribution in [0.4, 0.5) is 11.4 Å². The highest BCUT2D eigenvalue weighted by Crippen LogP contribution is 2.34. The molecule has 0 aliphatic carbocycles. The number of anilines is 2. The first-order chi connectivity index (χ1) is 11.5. The SMILES string of the molecule is Cc1ccc2c(c1)N(CC(=O)O)CC(C(=O)Nc1ccccc1)O2. The van der Waals surface area contributed by atoms with Gasteiger partial charge >= 0.3 is 5.97 Å². The largest absolute Gasteiger partial charge is 0.480 e. The maximum atomic E-state index is 12.5. The lowest BCUT2D eigenvalue weighted by atomic mass is 10.1. The lowest BCUT2D eigenvalue weighted by Gasteiger charge is -2.34. The number of benzene rings is 2. The number of para-hydroxylation sites is 1. The van der Waals surface area contributed by atoms with Crippen LogP contribution in [0.1, 0.15) is 5.56 Å². The predicted molar refractivity (Wildman–Crippen MR) is 90.5 cm³/mol. The molecular weight excluding hydrogens is 308 g/mol. The molecule has 24 heavy (non-hydrogen) atoms. The summed E-state index contributed by atoms with van der Waals surface area (Å²) < 4.78 is 5.79.